The lowest BCUT2D eigenvalue weighted by Gasteiger charge is -2.15. The zero-order chi connectivity index (χ0) is 15.0. The number of hydrogen-bond acceptors (Lipinski definition) is 4. The van der Waals surface area contributed by atoms with Crippen molar-refractivity contribution in [2.45, 2.75) is 17.4 Å². The smallest absolute Gasteiger partial charge is 0.319 e. The summed E-state index contributed by atoms with van der Waals surface area (Å²) >= 11 is 1.53. The molecular weight excluding hydrogens is 280 g/mol. The summed E-state index contributed by atoms with van der Waals surface area (Å²) in [6.07, 6.45) is 1.22. The first-order valence-corrected chi connectivity index (χ1v) is 7.21. The zero-order valence-corrected chi connectivity index (χ0v) is 12.2. The van der Waals surface area contributed by atoms with Crippen LogP contribution in [0.2, 0.25) is 0 Å². The van der Waals surface area contributed by atoms with Gasteiger partial charge in [0.25, 0.3) is 0 Å². The number of para-hydroxylation sites is 1. The largest absolute Gasteiger partial charge is 0.481 e. The van der Waals surface area contributed by atoms with Gasteiger partial charge in [-0.2, -0.15) is 0 Å². The number of carboxylic acid groups (broad SMARTS) is 1. The molecule has 1 atom stereocenters. The summed E-state index contributed by atoms with van der Waals surface area (Å²) in [5, 5.41) is 14.0. The molecule has 7 heteroatoms. The number of aliphatic carboxylic acids is 1. The lowest BCUT2D eigenvalue weighted by molar-refractivity contribution is -0.139. The second-order valence-corrected chi connectivity index (χ2v) is 4.84. The first-order chi connectivity index (χ1) is 9.56. The molecule has 3 N–H and O–H groups in total. The molecule has 0 spiro atoms. The molecule has 20 heavy (non-hydrogen) atoms. The number of nitrogens with one attached hydrogen (secondary N) is 2. The molecule has 110 valence electrons. The van der Waals surface area contributed by atoms with E-state index in [1.165, 1.54) is 18.9 Å². The van der Waals surface area contributed by atoms with Crippen molar-refractivity contribution in [3.8, 4) is 0 Å². The molecule has 0 aliphatic heterocycles. The van der Waals surface area contributed by atoms with Crippen molar-refractivity contribution >= 4 is 29.4 Å². The molecule has 0 saturated heterocycles. The molecule has 1 unspecified atom stereocenters. The number of urea groups is 1. The van der Waals surface area contributed by atoms with Gasteiger partial charge in [-0.25, -0.2) is 4.79 Å². The van der Waals surface area contributed by atoms with Crippen molar-refractivity contribution in [2.24, 2.45) is 0 Å². The van der Waals surface area contributed by atoms with Gasteiger partial charge in [-0.05, 0) is 18.4 Å². The van der Waals surface area contributed by atoms with E-state index in [1.54, 1.807) is 6.07 Å². The van der Waals surface area contributed by atoms with Crippen LogP contribution in [0.4, 0.5) is 10.5 Å². The molecule has 0 fully saturated rings. The number of hydrogen-bond donors (Lipinski definition) is 3. The van der Waals surface area contributed by atoms with Crippen LogP contribution in [0, 0.1) is 0 Å². The average molecular weight is 298 g/mol. The van der Waals surface area contributed by atoms with Crippen LogP contribution in [0.3, 0.4) is 0 Å². The molecule has 0 radical (unpaired) electrons. The number of benzene rings is 1. The number of carboxylic acids is 1. The minimum Gasteiger partial charge on any atom is -0.481 e. The SMILES string of the molecule is COC(CNC(=O)Nc1ccccc1SC)CC(=O)O. The van der Waals surface area contributed by atoms with Gasteiger partial charge in [-0.15, -0.1) is 11.8 Å². The van der Waals surface area contributed by atoms with Crippen LogP contribution in [0.25, 0.3) is 0 Å². The number of carbonyl (C=O) groups is 2. The molecule has 0 heterocycles. The van der Waals surface area contributed by atoms with Crippen LogP contribution in [0.1, 0.15) is 6.42 Å². The highest BCUT2D eigenvalue weighted by Crippen LogP contribution is 2.24. The van der Waals surface area contributed by atoms with Crippen molar-refractivity contribution in [3.63, 3.8) is 0 Å². The maximum atomic E-state index is 11.8. The number of ether oxygens (including phenoxy) is 1. The molecule has 0 aliphatic carbocycles. The monoisotopic (exact) mass is 298 g/mol. The van der Waals surface area contributed by atoms with E-state index in [9.17, 15) is 9.59 Å². The van der Waals surface area contributed by atoms with E-state index < -0.39 is 12.1 Å². The third kappa shape index (κ3) is 5.50. The third-order valence-electron chi connectivity index (χ3n) is 2.58. The second kappa shape index (κ2) is 8.44. The van der Waals surface area contributed by atoms with Gasteiger partial charge in [-0.1, -0.05) is 12.1 Å². The Morgan fingerprint density at radius 1 is 1.40 bits per heavy atom. The summed E-state index contributed by atoms with van der Waals surface area (Å²) in [5.74, 6) is -0.966. The highest BCUT2D eigenvalue weighted by Gasteiger charge is 2.13. The number of thioether (sulfide) groups is 1. The summed E-state index contributed by atoms with van der Waals surface area (Å²) in [6, 6.07) is 7.04. The van der Waals surface area contributed by atoms with Gasteiger partial charge in [-0.3, -0.25) is 4.79 Å². The molecular formula is C13H18N2O4S. The van der Waals surface area contributed by atoms with Crippen molar-refractivity contribution < 1.29 is 19.4 Å². The Hall–Kier alpha value is -1.73. The van der Waals surface area contributed by atoms with Crippen molar-refractivity contribution in [2.75, 3.05) is 25.2 Å². The van der Waals surface area contributed by atoms with E-state index in [0.29, 0.717) is 5.69 Å². The lowest BCUT2D eigenvalue weighted by atomic mass is 10.2. The fourth-order valence-electron chi connectivity index (χ4n) is 1.55. The molecule has 1 aromatic rings. The zero-order valence-electron chi connectivity index (χ0n) is 11.4. The van der Waals surface area contributed by atoms with E-state index in [0.717, 1.165) is 4.90 Å². The van der Waals surface area contributed by atoms with E-state index >= 15 is 0 Å². The van der Waals surface area contributed by atoms with E-state index in [2.05, 4.69) is 10.6 Å². The van der Waals surface area contributed by atoms with E-state index in [1.807, 2.05) is 24.5 Å². The Morgan fingerprint density at radius 2 is 2.10 bits per heavy atom. The number of rotatable bonds is 7. The van der Waals surface area contributed by atoms with Gasteiger partial charge in [0.15, 0.2) is 0 Å². The maximum absolute atomic E-state index is 11.8. The number of carbonyl (C=O) groups excluding carboxylic acids is 1. The molecule has 2 amide bonds. The first-order valence-electron chi connectivity index (χ1n) is 5.99. The van der Waals surface area contributed by atoms with Crippen LogP contribution in [-0.4, -0.2) is 43.1 Å². The normalized spacial score (nSPS) is 11.7. The molecule has 0 aliphatic rings. The summed E-state index contributed by atoms with van der Waals surface area (Å²) in [6.45, 7) is 0.135. The fourth-order valence-corrected chi connectivity index (χ4v) is 2.11. The summed E-state index contributed by atoms with van der Waals surface area (Å²) < 4.78 is 4.98. The van der Waals surface area contributed by atoms with Crippen molar-refractivity contribution in [3.05, 3.63) is 24.3 Å². The van der Waals surface area contributed by atoms with Crippen LogP contribution < -0.4 is 10.6 Å². The molecule has 1 aromatic carbocycles. The summed E-state index contributed by atoms with van der Waals surface area (Å²) in [7, 11) is 1.41. The minimum absolute atomic E-state index is 0.135. The maximum Gasteiger partial charge on any atom is 0.319 e. The molecule has 0 saturated carbocycles. The van der Waals surface area contributed by atoms with Crippen molar-refractivity contribution in [1.29, 1.82) is 0 Å². The Morgan fingerprint density at radius 3 is 2.70 bits per heavy atom. The Kier molecular flexibility index (Phi) is 6.89. The second-order valence-electron chi connectivity index (χ2n) is 3.99. The molecule has 6 nitrogen and oxygen atoms in total. The van der Waals surface area contributed by atoms with Crippen molar-refractivity contribution in [1.82, 2.24) is 5.32 Å². The predicted molar refractivity (Wildman–Crippen MR) is 78.3 cm³/mol. The summed E-state index contributed by atoms with van der Waals surface area (Å²) in [4.78, 5) is 23.3. The third-order valence-corrected chi connectivity index (χ3v) is 3.38. The van der Waals surface area contributed by atoms with Gasteiger partial charge in [0.05, 0.1) is 18.2 Å². The molecule has 0 aromatic heterocycles. The first kappa shape index (κ1) is 16.3. The van der Waals surface area contributed by atoms with E-state index in [-0.39, 0.29) is 19.0 Å². The van der Waals surface area contributed by atoms with Crippen LogP contribution >= 0.6 is 11.8 Å². The standard InChI is InChI=1S/C13H18N2O4S/c1-19-9(7-12(16)17)8-14-13(18)15-10-5-3-4-6-11(10)20-2/h3-6,9H,7-8H2,1-2H3,(H,16,17)(H2,14,15,18). The lowest BCUT2D eigenvalue weighted by Crippen LogP contribution is -2.37. The van der Waals surface area contributed by atoms with Gasteiger partial charge < -0.3 is 20.5 Å². The summed E-state index contributed by atoms with van der Waals surface area (Å²) in [5.41, 5.74) is 0.713. The Bertz CT molecular complexity index is 467. The average Bonchev–Trinajstić information content (AvgIpc) is 2.43. The van der Waals surface area contributed by atoms with Gasteiger partial charge >= 0.3 is 12.0 Å². The quantitative estimate of drug-likeness (QED) is 0.670. The number of methoxy groups -OCH3 is 1. The molecule has 1 rings (SSSR count). The Labute approximate surface area is 121 Å². The van der Waals surface area contributed by atoms with Crippen LogP contribution in [0.15, 0.2) is 29.2 Å². The molecule has 0 bridgehead atoms. The van der Waals surface area contributed by atoms with Gasteiger partial charge in [0.2, 0.25) is 0 Å². The van der Waals surface area contributed by atoms with Crippen LogP contribution in [-0.2, 0) is 9.53 Å². The van der Waals surface area contributed by atoms with Crippen LogP contribution in [0.5, 0.6) is 0 Å². The predicted octanol–water partition coefficient (Wildman–Crippen LogP) is 2.02. The number of amides is 2. The van der Waals surface area contributed by atoms with Gasteiger partial charge in [0, 0.05) is 18.6 Å². The van der Waals surface area contributed by atoms with E-state index in [4.69, 9.17) is 9.84 Å². The topological polar surface area (TPSA) is 87.7 Å². The highest BCUT2D eigenvalue weighted by atomic mass is 32.2. The van der Waals surface area contributed by atoms with Gasteiger partial charge in [0.1, 0.15) is 0 Å². The highest BCUT2D eigenvalue weighted by molar-refractivity contribution is 7.98. The number of anilines is 1. The minimum atomic E-state index is -0.966. The fraction of sp³-hybridized carbons (Fsp3) is 0.385. The Balaban J connectivity index is 2.49.